The van der Waals surface area contributed by atoms with E-state index in [4.69, 9.17) is 0 Å². The van der Waals surface area contributed by atoms with E-state index < -0.39 is 0 Å². The summed E-state index contributed by atoms with van der Waals surface area (Å²) in [6.45, 7) is 1.79. The molecular formula is C17H18Cl2N4O2. The van der Waals surface area contributed by atoms with E-state index in [0.717, 1.165) is 5.69 Å². The largest absolute Gasteiger partial charge is 0.316 e. The third-order valence-electron chi connectivity index (χ3n) is 3.74. The summed E-state index contributed by atoms with van der Waals surface area (Å²) >= 11 is 0. The highest BCUT2D eigenvalue weighted by molar-refractivity contribution is 6.04. The van der Waals surface area contributed by atoms with E-state index in [1.54, 1.807) is 30.8 Å². The van der Waals surface area contributed by atoms with Crippen molar-refractivity contribution in [3.8, 4) is 5.69 Å². The number of benzene rings is 1. The van der Waals surface area contributed by atoms with Gasteiger partial charge in [0.25, 0.3) is 11.5 Å². The van der Waals surface area contributed by atoms with Crippen molar-refractivity contribution in [3.63, 3.8) is 0 Å². The van der Waals surface area contributed by atoms with E-state index in [0.29, 0.717) is 11.3 Å². The highest BCUT2D eigenvalue weighted by Crippen LogP contribution is 2.14. The fourth-order valence-electron chi connectivity index (χ4n) is 2.40. The van der Waals surface area contributed by atoms with Gasteiger partial charge < -0.3 is 5.32 Å². The SMILES string of the molecule is Cc1c(NC(=O)c2ccncc2)c(=O)n(-c2ccccc2)n1C.Cl.Cl. The van der Waals surface area contributed by atoms with Crippen LogP contribution in [0.25, 0.3) is 5.69 Å². The highest BCUT2D eigenvalue weighted by atomic mass is 35.5. The minimum Gasteiger partial charge on any atom is -0.316 e. The lowest BCUT2D eigenvalue weighted by Crippen LogP contribution is -2.22. The minimum atomic E-state index is -0.335. The molecule has 0 radical (unpaired) electrons. The van der Waals surface area contributed by atoms with E-state index in [1.807, 2.05) is 30.3 Å². The Balaban J connectivity index is 0.00000156. The number of carbonyl (C=O) groups excluding carboxylic acids is 1. The van der Waals surface area contributed by atoms with Crippen LogP contribution in [0.2, 0.25) is 0 Å². The lowest BCUT2D eigenvalue weighted by atomic mass is 10.2. The first-order valence-corrected chi connectivity index (χ1v) is 7.15. The summed E-state index contributed by atoms with van der Waals surface area (Å²) in [5, 5.41) is 2.70. The monoisotopic (exact) mass is 380 g/mol. The van der Waals surface area contributed by atoms with Crippen molar-refractivity contribution in [2.75, 3.05) is 5.32 Å². The zero-order valence-corrected chi connectivity index (χ0v) is 15.3. The van der Waals surface area contributed by atoms with Crippen LogP contribution in [0.15, 0.2) is 59.7 Å². The van der Waals surface area contributed by atoms with Gasteiger partial charge >= 0.3 is 0 Å². The Kier molecular flexibility index (Phi) is 6.97. The average Bonchev–Trinajstić information content (AvgIpc) is 2.80. The zero-order chi connectivity index (χ0) is 16.4. The first-order chi connectivity index (χ1) is 11.1. The Labute approximate surface area is 157 Å². The maximum absolute atomic E-state index is 12.7. The maximum Gasteiger partial charge on any atom is 0.295 e. The molecular weight excluding hydrogens is 363 g/mol. The lowest BCUT2D eigenvalue weighted by molar-refractivity contribution is 0.102. The first kappa shape index (κ1) is 20.5. The number of aromatic nitrogens is 3. The molecule has 2 heterocycles. The maximum atomic E-state index is 12.7. The molecule has 0 atom stereocenters. The van der Waals surface area contributed by atoms with Gasteiger partial charge in [0.2, 0.25) is 0 Å². The van der Waals surface area contributed by atoms with Gasteiger partial charge in [-0.15, -0.1) is 24.8 Å². The number of hydrogen-bond acceptors (Lipinski definition) is 3. The van der Waals surface area contributed by atoms with Gasteiger partial charge in [-0.2, -0.15) is 0 Å². The molecule has 0 bridgehead atoms. The number of para-hydroxylation sites is 1. The van der Waals surface area contributed by atoms with Crippen molar-refractivity contribution in [1.82, 2.24) is 14.3 Å². The summed E-state index contributed by atoms with van der Waals surface area (Å²) in [6.07, 6.45) is 3.07. The number of hydrogen-bond donors (Lipinski definition) is 1. The summed E-state index contributed by atoms with van der Waals surface area (Å²) in [5.41, 5.74) is 1.89. The standard InChI is InChI=1S/C17H16N4O2.2ClH/c1-12-15(19-16(22)13-8-10-18-11-9-13)17(23)21(20(12)2)14-6-4-3-5-7-14;;/h3-11H,1-2H3,(H,19,22);2*1H. The van der Waals surface area contributed by atoms with Crippen LogP contribution in [-0.4, -0.2) is 20.3 Å². The summed E-state index contributed by atoms with van der Waals surface area (Å²) in [4.78, 5) is 28.9. The van der Waals surface area contributed by atoms with Crippen LogP contribution in [0.4, 0.5) is 5.69 Å². The number of pyridine rings is 1. The van der Waals surface area contributed by atoms with E-state index in [9.17, 15) is 9.59 Å². The first-order valence-electron chi connectivity index (χ1n) is 7.15. The number of rotatable bonds is 3. The van der Waals surface area contributed by atoms with Crippen molar-refractivity contribution >= 4 is 36.4 Å². The molecule has 25 heavy (non-hydrogen) atoms. The van der Waals surface area contributed by atoms with E-state index in [2.05, 4.69) is 10.3 Å². The number of halogens is 2. The van der Waals surface area contributed by atoms with Crippen LogP contribution < -0.4 is 10.9 Å². The molecule has 3 aromatic rings. The Bertz CT molecular complexity index is 906. The Hall–Kier alpha value is -2.57. The quantitative estimate of drug-likeness (QED) is 0.759. The summed E-state index contributed by atoms with van der Waals surface area (Å²) < 4.78 is 3.25. The molecule has 6 nitrogen and oxygen atoms in total. The molecule has 2 aromatic heterocycles. The van der Waals surface area contributed by atoms with Crippen LogP contribution >= 0.6 is 24.8 Å². The lowest BCUT2D eigenvalue weighted by Gasteiger charge is -2.07. The van der Waals surface area contributed by atoms with Gasteiger partial charge in [-0.1, -0.05) is 18.2 Å². The number of anilines is 1. The molecule has 3 rings (SSSR count). The number of amides is 1. The smallest absolute Gasteiger partial charge is 0.295 e. The molecule has 0 unspecified atom stereocenters. The van der Waals surface area contributed by atoms with Crippen LogP contribution in [0.5, 0.6) is 0 Å². The van der Waals surface area contributed by atoms with Crippen molar-refractivity contribution < 1.29 is 4.79 Å². The highest BCUT2D eigenvalue weighted by Gasteiger charge is 2.18. The number of nitrogens with zero attached hydrogens (tertiary/aromatic N) is 3. The number of nitrogens with one attached hydrogen (secondary N) is 1. The molecule has 0 saturated carbocycles. The molecule has 8 heteroatoms. The zero-order valence-electron chi connectivity index (χ0n) is 13.7. The van der Waals surface area contributed by atoms with Gasteiger partial charge in [0.15, 0.2) is 0 Å². The Morgan fingerprint density at radius 3 is 2.24 bits per heavy atom. The predicted molar refractivity (Wildman–Crippen MR) is 102 cm³/mol. The van der Waals surface area contributed by atoms with E-state index >= 15 is 0 Å². The number of carbonyl (C=O) groups is 1. The van der Waals surface area contributed by atoms with Gasteiger partial charge in [-0.25, -0.2) is 4.68 Å². The fraction of sp³-hybridized carbons (Fsp3) is 0.118. The molecule has 1 aromatic carbocycles. The molecule has 0 aliphatic heterocycles. The second-order valence-corrected chi connectivity index (χ2v) is 5.13. The third-order valence-corrected chi connectivity index (χ3v) is 3.74. The van der Waals surface area contributed by atoms with Crippen molar-refractivity contribution in [1.29, 1.82) is 0 Å². The van der Waals surface area contributed by atoms with Gasteiger partial charge in [-0.3, -0.25) is 19.3 Å². The predicted octanol–water partition coefficient (Wildman–Crippen LogP) is 2.98. The molecule has 0 saturated heterocycles. The average molecular weight is 381 g/mol. The van der Waals surface area contributed by atoms with Crippen molar-refractivity contribution in [2.45, 2.75) is 6.92 Å². The van der Waals surface area contributed by atoms with Crippen LogP contribution in [0.1, 0.15) is 16.1 Å². The van der Waals surface area contributed by atoms with Gasteiger partial charge in [0.05, 0.1) is 11.4 Å². The fourth-order valence-corrected chi connectivity index (χ4v) is 2.40. The second kappa shape index (κ2) is 8.50. The van der Waals surface area contributed by atoms with Crippen LogP contribution in [-0.2, 0) is 7.05 Å². The molecule has 0 aliphatic carbocycles. The summed E-state index contributed by atoms with van der Waals surface area (Å²) in [7, 11) is 1.78. The third kappa shape index (κ3) is 3.92. The molecule has 1 N–H and O–H groups in total. The topological polar surface area (TPSA) is 68.9 Å². The summed E-state index contributed by atoms with van der Waals surface area (Å²) in [5.74, 6) is -0.335. The van der Waals surface area contributed by atoms with Crippen molar-refractivity contribution in [3.05, 3.63) is 76.5 Å². The minimum absolute atomic E-state index is 0. The van der Waals surface area contributed by atoms with Crippen LogP contribution in [0.3, 0.4) is 0 Å². The summed E-state index contributed by atoms with van der Waals surface area (Å²) in [6, 6.07) is 12.5. The Morgan fingerprint density at radius 1 is 1.04 bits per heavy atom. The normalized spacial score (nSPS) is 9.68. The van der Waals surface area contributed by atoms with E-state index in [1.165, 1.54) is 17.1 Å². The van der Waals surface area contributed by atoms with Gasteiger partial charge in [0.1, 0.15) is 5.69 Å². The van der Waals surface area contributed by atoms with Gasteiger partial charge in [-0.05, 0) is 31.2 Å². The molecule has 1 amide bonds. The van der Waals surface area contributed by atoms with Gasteiger partial charge in [0, 0.05) is 25.0 Å². The molecule has 0 spiro atoms. The molecule has 0 aliphatic rings. The second-order valence-electron chi connectivity index (χ2n) is 5.13. The Morgan fingerprint density at radius 2 is 1.64 bits per heavy atom. The molecule has 0 fully saturated rings. The van der Waals surface area contributed by atoms with Crippen LogP contribution in [0, 0.1) is 6.92 Å². The molecule has 132 valence electrons. The van der Waals surface area contributed by atoms with Crippen molar-refractivity contribution in [2.24, 2.45) is 7.05 Å². The van der Waals surface area contributed by atoms with E-state index in [-0.39, 0.29) is 42.0 Å².